The van der Waals surface area contributed by atoms with Crippen LogP contribution in [0.25, 0.3) is 0 Å². The number of carbonyl (C=O) groups is 2. The second-order valence-electron chi connectivity index (χ2n) is 13.5. The second kappa shape index (κ2) is 18.4. The number of ether oxygens (including phenoxy) is 3. The topological polar surface area (TPSA) is 109 Å². The zero-order valence-electron chi connectivity index (χ0n) is 30.1. The van der Waals surface area contributed by atoms with Crippen molar-refractivity contribution in [3.8, 4) is 0 Å². The fourth-order valence-corrected chi connectivity index (χ4v) is 6.72. The van der Waals surface area contributed by atoms with E-state index in [-0.39, 0.29) is 31.2 Å². The number of esters is 1. The summed E-state index contributed by atoms with van der Waals surface area (Å²) >= 11 is 0. The molecule has 1 saturated heterocycles. The highest BCUT2D eigenvalue weighted by atomic mass is 16.7. The Hall–Kier alpha value is -5.32. The molecule has 0 bridgehead atoms. The molecular formula is C44H47N3O6. The summed E-state index contributed by atoms with van der Waals surface area (Å²) in [6.07, 6.45) is -0.973. The van der Waals surface area contributed by atoms with Crippen LogP contribution in [0.1, 0.15) is 52.7 Å². The Morgan fingerprint density at radius 2 is 1.34 bits per heavy atom. The molecule has 0 saturated carbocycles. The van der Waals surface area contributed by atoms with Crippen molar-refractivity contribution in [2.45, 2.75) is 57.6 Å². The van der Waals surface area contributed by atoms with E-state index in [4.69, 9.17) is 14.2 Å². The van der Waals surface area contributed by atoms with E-state index in [1.165, 1.54) is 18.2 Å². The maximum atomic E-state index is 13.2. The third kappa shape index (κ3) is 10.4. The number of rotatable bonds is 14. The third-order valence-electron chi connectivity index (χ3n) is 9.55. The van der Waals surface area contributed by atoms with E-state index in [1.807, 2.05) is 84.9 Å². The number of aliphatic hydroxyl groups is 1. The number of methoxy groups -OCH3 is 1. The second-order valence-corrected chi connectivity index (χ2v) is 13.5. The Balaban J connectivity index is 1.23. The van der Waals surface area contributed by atoms with E-state index in [0.29, 0.717) is 12.2 Å². The Labute approximate surface area is 311 Å². The minimum Gasteiger partial charge on any atom is -0.467 e. The van der Waals surface area contributed by atoms with Gasteiger partial charge in [0, 0.05) is 43.2 Å². The van der Waals surface area contributed by atoms with Gasteiger partial charge in [0.05, 0.1) is 25.9 Å². The molecule has 6 rings (SSSR count). The van der Waals surface area contributed by atoms with Gasteiger partial charge < -0.3 is 30.0 Å². The van der Waals surface area contributed by atoms with Gasteiger partial charge >= 0.3 is 12.0 Å². The number of carbonyl (C=O) groups excluding carboxylic acids is 2. The van der Waals surface area contributed by atoms with Crippen molar-refractivity contribution >= 4 is 17.7 Å². The smallest absolute Gasteiger partial charge is 0.328 e. The van der Waals surface area contributed by atoms with Crippen LogP contribution < -0.4 is 10.6 Å². The lowest BCUT2D eigenvalue weighted by molar-refractivity contribution is -0.276. The lowest BCUT2D eigenvalue weighted by Crippen LogP contribution is -2.45. The molecule has 0 aromatic heterocycles. The van der Waals surface area contributed by atoms with Crippen molar-refractivity contribution in [3.05, 3.63) is 173 Å². The van der Waals surface area contributed by atoms with Crippen LogP contribution in [0.15, 0.2) is 140 Å². The predicted octanol–water partition coefficient (Wildman–Crippen LogP) is 7.58. The van der Waals surface area contributed by atoms with Crippen LogP contribution in [0.3, 0.4) is 0 Å². The van der Waals surface area contributed by atoms with Crippen LogP contribution in [-0.4, -0.2) is 47.8 Å². The molecule has 1 fully saturated rings. The summed E-state index contributed by atoms with van der Waals surface area (Å²) in [6.45, 7) is 4.25. The molecule has 5 aromatic carbocycles. The highest BCUT2D eigenvalue weighted by Gasteiger charge is 2.39. The van der Waals surface area contributed by atoms with Gasteiger partial charge in [0.15, 0.2) is 6.29 Å². The fourth-order valence-electron chi connectivity index (χ4n) is 6.72. The van der Waals surface area contributed by atoms with Crippen LogP contribution in [0, 0.1) is 5.92 Å². The van der Waals surface area contributed by atoms with Gasteiger partial charge in [-0.2, -0.15) is 0 Å². The molecule has 274 valence electrons. The van der Waals surface area contributed by atoms with Crippen LogP contribution in [0.4, 0.5) is 10.5 Å². The number of nitrogens with one attached hydrogen (secondary N) is 2. The maximum absolute atomic E-state index is 13.2. The van der Waals surface area contributed by atoms with Gasteiger partial charge in [-0.15, -0.1) is 0 Å². The van der Waals surface area contributed by atoms with Gasteiger partial charge in [0.1, 0.15) is 6.04 Å². The zero-order valence-corrected chi connectivity index (χ0v) is 30.1. The Morgan fingerprint density at radius 3 is 1.92 bits per heavy atom. The Bertz CT molecular complexity index is 1850. The van der Waals surface area contributed by atoms with Crippen molar-refractivity contribution < 1.29 is 28.9 Å². The number of hydrogen-bond acceptors (Lipinski definition) is 7. The van der Waals surface area contributed by atoms with Gasteiger partial charge in [0.2, 0.25) is 0 Å². The first kappa shape index (κ1) is 37.4. The molecule has 1 aliphatic heterocycles. The molecule has 0 spiro atoms. The molecule has 9 nitrogen and oxygen atoms in total. The van der Waals surface area contributed by atoms with Gasteiger partial charge in [-0.25, -0.2) is 9.59 Å². The molecular weight excluding hydrogens is 666 g/mol. The standard InChI is InChI=1S/C44H47N3O6/c1-31-40(29-47(27-33-15-8-4-9-16-33)28-34-17-10-5-11-18-34)52-43(53-41(31)36-23-21-35(30-48)22-24-36)37-19-12-20-38(26-37)45-44(50)46-39(42(49)51-2)25-32-13-6-3-7-14-32/h3-24,26,31,39-41,43,48H,25,27-30H2,1-2H3,(H2,45,46,50). The Morgan fingerprint density at radius 1 is 0.736 bits per heavy atom. The van der Waals surface area contributed by atoms with Crippen molar-refractivity contribution in [2.75, 3.05) is 19.0 Å². The molecule has 5 atom stereocenters. The molecule has 53 heavy (non-hydrogen) atoms. The number of benzene rings is 5. The summed E-state index contributed by atoms with van der Waals surface area (Å²) in [5.41, 5.74) is 6.40. The molecule has 0 aliphatic carbocycles. The average molecular weight is 714 g/mol. The maximum Gasteiger partial charge on any atom is 0.328 e. The predicted molar refractivity (Wildman–Crippen MR) is 205 cm³/mol. The van der Waals surface area contributed by atoms with Crippen molar-refractivity contribution in [3.63, 3.8) is 0 Å². The SMILES string of the molecule is COC(=O)C(Cc1ccccc1)NC(=O)Nc1cccc(C2OC(CN(Cc3ccccc3)Cc3ccccc3)C(C)C(c3ccc(CO)cc3)O2)c1. The highest BCUT2D eigenvalue weighted by Crippen LogP contribution is 2.42. The summed E-state index contributed by atoms with van der Waals surface area (Å²) in [5, 5.41) is 15.3. The monoisotopic (exact) mass is 713 g/mol. The van der Waals surface area contributed by atoms with Crippen LogP contribution in [-0.2, 0) is 45.1 Å². The summed E-state index contributed by atoms with van der Waals surface area (Å²) in [6, 6.07) is 44.2. The summed E-state index contributed by atoms with van der Waals surface area (Å²) in [5.74, 6) is -0.555. The quantitative estimate of drug-likeness (QED) is 0.102. The molecule has 5 aromatic rings. The van der Waals surface area contributed by atoms with Gasteiger partial charge in [0.25, 0.3) is 0 Å². The van der Waals surface area contributed by atoms with E-state index in [9.17, 15) is 14.7 Å². The van der Waals surface area contributed by atoms with Crippen LogP contribution in [0.2, 0.25) is 0 Å². The van der Waals surface area contributed by atoms with Gasteiger partial charge in [-0.05, 0) is 39.9 Å². The minimum absolute atomic E-state index is 0.0211. The number of amides is 2. The zero-order chi connectivity index (χ0) is 37.0. The first-order chi connectivity index (χ1) is 25.9. The molecule has 1 heterocycles. The molecule has 2 amide bonds. The Kier molecular flexibility index (Phi) is 13.0. The normalized spacial score (nSPS) is 18.9. The lowest BCUT2D eigenvalue weighted by Gasteiger charge is -2.43. The van der Waals surface area contributed by atoms with Crippen LogP contribution >= 0.6 is 0 Å². The fraction of sp³-hybridized carbons (Fsp3) is 0.273. The number of hydrogen-bond donors (Lipinski definition) is 3. The first-order valence-electron chi connectivity index (χ1n) is 18.0. The summed E-state index contributed by atoms with van der Waals surface area (Å²) in [4.78, 5) is 28.2. The van der Waals surface area contributed by atoms with E-state index in [2.05, 4.69) is 71.0 Å². The summed E-state index contributed by atoms with van der Waals surface area (Å²) < 4.78 is 18.5. The van der Waals surface area contributed by atoms with Gasteiger partial charge in [-0.1, -0.05) is 134 Å². The lowest BCUT2D eigenvalue weighted by atomic mass is 9.89. The average Bonchev–Trinajstić information content (AvgIpc) is 3.19. The first-order valence-corrected chi connectivity index (χ1v) is 18.0. The molecule has 5 unspecified atom stereocenters. The number of aliphatic hydroxyl groups excluding tert-OH is 1. The molecule has 1 aliphatic rings. The van der Waals surface area contributed by atoms with Crippen molar-refractivity contribution in [1.82, 2.24) is 10.2 Å². The molecule has 3 N–H and O–H groups in total. The summed E-state index contributed by atoms with van der Waals surface area (Å²) in [7, 11) is 1.30. The van der Waals surface area contributed by atoms with Crippen molar-refractivity contribution in [1.29, 1.82) is 0 Å². The van der Waals surface area contributed by atoms with E-state index >= 15 is 0 Å². The van der Waals surface area contributed by atoms with E-state index in [0.717, 1.165) is 35.3 Å². The minimum atomic E-state index is -0.870. The number of urea groups is 1. The van der Waals surface area contributed by atoms with E-state index in [1.54, 1.807) is 6.07 Å². The molecule has 9 heteroatoms. The van der Waals surface area contributed by atoms with Crippen LogP contribution in [0.5, 0.6) is 0 Å². The number of anilines is 1. The number of nitrogens with zero attached hydrogens (tertiary/aromatic N) is 1. The van der Waals surface area contributed by atoms with Gasteiger partial charge in [-0.3, -0.25) is 4.90 Å². The van der Waals surface area contributed by atoms with E-state index < -0.39 is 24.3 Å². The van der Waals surface area contributed by atoms with Crippen molar-refractivity contribution in [2.24, 2.45) is 5.92 Å². The third-order valence-corrected chi connectivity index (χ3v) is 9.55. The largest absolute Gasteiger partial charge is 0.467 e. The molecule has 0 radical (unpaired) electrons. The highest BCUT2D eigenvalue weighted by molar-refractivity contribution is 5.92.